The number of rotatable bonds is 4. The number of halogens is 1. The van der Waals surface area contributed by atoms with E-state index in [0.29, 0.717) is 18.2 Å². The number of aromatic hydroxyl groups is 1. The van der Waals surface area contributed by atoms with Gasteiger partial charge in [0.25, 0.3) is 0 Å². The average molecular weight is 251 g/mol. The van der Waals surface area contributed by atoms with Gasteiger partial charge in [-0.05, 0) is 49.8 Å². The Labute approximate surface area is 108 Å². The van der Waals surface area contributed by atoms with Crippen molar-refractivity contribution in [3.05, 3.63) is 29.6 Å². The van der Waals surface area contributed by atoms with Gasteiger partial charge >= 0.3 is 0 Å². The van der Waals surface area contributed by atoms with Gasteiger partial charge in [0.1, 0.15) is 11.6 Å². The molecule has 1 aliphatic rings. The van der Waals surface area contributed by atoms with Gasteiger partial charge in [0.2, 0.25) is 0 Å². The largest absolute Gasteiger partial charge is 0.508 e. The van der Waals surface area contributed by atoms with E-state index in [-0.39, 0.29) is 11.6 Å². The van der Waals surface area contributed by atoms with Gasteiger partial charge in [0, 0.05) is 18.2 Å². The molecule has 1 aliphatic carbocycles. The summed E-state index contributed by atoms with van der Waals surface area (Å²) in [6.45, 7) is 2.80. The lowest BCUT2D eigenvalue weighted by atomic mass is 9.84. The summed E-state index contributed by atoms with van der Waals surface area (Å²) in [7, 11) is 0. The highest BCUT2D eigenvalue weighted by Crippen LogP contribution is 2.27. The molecule has 0 saturated heterocycles. The maximum absolute atomic E-state index is 13.1. The van der Waals surface area contributed by atoms with Crippen LogP contribution in [0.2, 0.25) is 0 Å². The molecule has 0 bridgehead atoms. The first-order valence-corrected chi connectivity index (χ1v) is 6.89. The van der Waals surface area contributed by atoms with Crippen LogP contribution in [0.25, 0.3) is 0 Å². The van der Waals surface area contributed by atoms with Crippen LogP contribution < -0.4 is 5.32 Å². The van der Waals surface area contributed by atoms with Crippen molar-refractivity contribution in [3.8, 4) is 5.75 Å². The summed E-state index contributed by atoms with van der Waals surface area (Å²) in [5, 5.41) is 13.1. The zero-order valence-corrected chi connectivity index (χ0v) is 11.0. The molecule has 0 radical (unpaired) electrons. The predicted octanol–water partition coefficient (Wildman–Crippen LogP) is 3.59. The molecule has 0 aliphatic heterocycles. The molecule has 1 fully saturated rings. The fraction of sp³-hybridized carbons (Fsp3) is 0.600. The van der Waals surface area contributed by atoms with Gasteiger partial charge in [-0.25, -0.2) is 4.39 Å². The lowest BCUT2D eigenvalue weighted by molar-refractivity contribution is 0.284. The summed E-state index contributed by atoms with van der Waals surface area (Å²) in [5.74, 6) is 0.760. The van der Waals surface area contributed by atoms with Gasteiger partial charge in [-0.15, -0.1) is 0 Å². The number of hydrogen-bond donors (Lipinski definition) is 2. The normalized spacial score (nSPS) is 24.1. The quantitative estimate of drug-likeness (QED) is 0.857. The second-order valence-electron chi connectivity index (χ2n) is 5.28. The number of phenolic OH excluding ortho intramolecular Hbond substituents is 1. The zero-order chi connectivity index (χ0) is 13.0. The Hall–Kier alpha value is -1.09. The summed E-state index contributed by atoms with van der Waals surface area (Å²) in [5.41, 5.74) is 0.646. The summed E-state index contributed by atoms with van der Waals surface area (Å²) in [6.07, 6.45) is 6.22. The van der Waals surface area contributed by atoms with Crippen molar-refractivity contribution < 1.29 is 9.50 Å². The highest BCUT2D eigenvalue weighted by atomic mass is 19.1. The van der Waals surface area contributed by atoms with Gasteiger partial charge in [0.05, 0.1) is 0 Å². The summed E-state index contributed by atoms with van der Waals surface area (Å²) >= 11 is 0. The Morgan fingerprint density at radius 2 is 2.00 bits per heavy atom. The maximum Gasteiger partial charge on any atom is 0.123 e. The van der Waals surface area contributed by atoms with Crippen LogP contribution >= 0.6 is 0 Å². The van der Waals surface area contributed by atoms with E-state index < -0.39 is 0 Å². The lowest BCUT2D eigenvalue weighted by Crippen LogP contribution is -2.32. The first-order chi connectivity index (χ1) is 8.69. The SMILES string of the molecule is CCC1CCC(NCc2cc(F)ccc2O)CC1. The van der Waals surface area contributed by atoms with Gasteiger partial charge in [-0.3, -0.25) is 0 Å². The molecule has 2 rings (SSSR count). The standard InChI is InChI=1S/C15H22FNO/c1-2-11-3-6-14(7-4-11)17-10-12-9-13(16)5-8-15(12)18/h5,8-9,11,14,17-18H,2-4,6-7,10H2,1H3. The van der Waals surface area contributed by atoms with Gasteiger partial charge in [-0.2, -0.15) is 0 Å². The van der Waals surface area contributed by atoms with E-state index >= 15 is 0 Å². The topological polar surface area (TPSA) is 32.3 Å². The fourth-order valence-electron chi connectivity index (χ4n) is 2.72. The molecule has 3 heteroatoms. The van der Waals surface area contributed by atoms with E-state index in [1.165, 1.54) is 50.3 Å². The van der Waals surface area contributed by atoms with Crippen LogP contribution in [0.5, 0.6) is 5.75 Å². The monoisotopic (exact) mass is 251 g/mol. The van der Waals surface area contributed by atoms with Crippen molar-refractivity contribution >= 4 is 0 Å². The first-order valence-electron chi connectivity index (χ1n) is 6.89. The maximum atomic E-state index is 13.1. The number of benzene rings is 1. The van der Waals surface area contributed by atoms with Crippen molar-refractivity contribution in [1.82, 2.24) is 5.32 Å². The van der Waals surface area contributed by atoms with E-state index in [1.807, 2.05) is 0 Å². The number of phenols is 1. The Balaban J connectivity index is 1.83. The van der Waals surface area contributed by atoms with E-state index in [1.54, 1.807) is 0 Å². The summed E-state index contributed by atoms with van der Waals surface area (Å²) in [6, 6.07) is 4.61. The van der Waals surface area contributed by atoms with Crippen LogP contribution in [0, 0.1) is 11.7 Å². The molecule has 0 unspecified atom stereocenters. The minimum atomic E-state index is -0.292. The summed E-state index contributed by atoms with van der Waals surface area (Å²) < 4.78 is 13.1. The zero-order valence-electron chi connectivity index (χ0n) is 11.0. The van der Waals surface area contributed by atoms with Crippen molar-refractivity contribution in [2.45, 2.75) is 51.6 Å². The van der Waals surface area contributed by atoms with Gasteiger partial charge in [-0.1, -0.05) is 13.3 Å². The second-order valence-corrected chi connectivity index (χ2v) is 5.28. The van der Waals surface area contributed by atoms with Crippen LogP contribution in [0.1, 0.15) is 44.6 Å². The molecule has 18 heavy (non-hydrogen) atoms. The molecule has 1 aromatic rings. The van der Waals surface area contributed by atoms with Crippen molar-refractivity contribution in [3.63, 3.8) is 0 Å². The lowest BCUT2D eigenvalue weighted by Gasteiger charge is -2.28. The van der Waals surface area contributed by atoms with Crippen molar-refractivity contribution in [2.24, 2.45) is 5.92 Å². The Kier molecular flexibility index (Phi) is 4.59. The molecule has 0 heterocycles. The smallest absolute Gasteiger partial charge is 0.123 e. The van der Waals surface area contributed by atoms with E-state index in [9.17, 15) is 9.50 Å². The van der Waals surface area contributed by atoms with Crippen LogP contribution in [0.3, 0.4) is 0 Å². The molecule has 1 aromatic carbocycles. The predicted molar refractivity (Wildman–Crippen MR) is 70.9 cm³/mol. The number of hydrogen-bond acceptors (Lipinski definition) is 2. The number of nitrogens with one attached hydrogen (secondary N) is 1. The first kappa shape index (κ1) is 13.3. The van der Waals surface area contributed by atoms with E-state index in [4.69, 9.17) is 0 Å². The third-order valence-corrected chi connectivity index (χ3v) is 4.05. The molecular formula is C15H22FNO. The van der Waals surface area contributed by atoms with Crippen molar-refractivity contribution in [1.29, 1.82) is 0 Å². The second kappa shape index (κ2) is 6.19. The third-order valence-electron chi connectivity index (χ3n) is 4.05. The molecule has 1 saturated carbocycles. The minimum absolute atomic E-state index is 0.172. The molecular weight excluding hydrogens is 229 g/mol. The van der Waals surface area contributed by atoms with E-state index in [2.05, 4.69) is 12.2 Å². The molecule has 0 aromatic heterocycles. The third kappa shape index (κ3) is 3.45. The van der Waals surface area contributed by atoms with Crippen LogP contribution in [-0.2, 0) is 6.54 Å². The molecule has 2 N–H and O–H groups in total. The van der Waals surface area contributed by atoms with Crippen LogP contribution in [0.15, 0.2) is 18.2 Å². The Morgan fingerprint density at radius 3 is 2.67 bits per heavy atom. The fourth-order valence-corrected chi connectivity index (χ4v) is 2.72. The van der Waals surface area contributed by atoms with Crippen LogP contribution in [-0.4, -0.2) is 11.1 Å². The highest BCUT2D eigenvalue weighted by Gasteiger charge is 2.19. The molecule has 0 atom stereocenters. The minimum Gasteiger partial charge on any atom is -0.508 e. The van der Waals surface area contributed by atoms with Gasteiger partial charge in [0.15, 0.2) is 0 Å². The molecule has 100 valence electrons. The summed E-state index contributed by atoms with van der Waals surface area (Å²) in [4.78, 5) is 0. The molecule has 0 spiro atoms. The highest BCUT2D eigenvalue weighted by molar-refractivity contribution is 5.32. The van der Waals surface area contributed by atoms with Gasteiger partial charge < -0.3 is 10.4 Å². The van der Waals surface area contributed by atoms with Crippen molar-refractivity contribution in [2.75, 3.05) is 0 Å². The molecule has 2 nitrogen and oxygen atoms in total. The molecule has 0 amide bonds. The Morgan fingerprint density at radius 1 is 1.28 bits per heavy atom. The van der Waals surface area contributed by atoms with Crippen LogP contribution in [0.4, 0.5) is 4.39 Å². The average Bonchev–Trinajstić information content (AvgIpc) is 2.40. The van der Waals surface area contributed by atoms with E-state index in [0.717, 1.165) is 5.92 Å². The Bertz CT molecular complexity index is 386.